The number of hydrogen-bond acceptors (Lipinski definition) is 5. The molecule has 2 aromatic heterocycles. The van der Waals surface area contributed by atoms with E-state index in [1.807, 2.05) is 29.6 Å². The lowest BCUT2D eigenvalue weighted by atomic mass is 10.0. The second kappa shape index (κ2) is 8.24. The molecule has 2 aromatic rings. The average molecular weight is 413 g/mol. The van der Waals surface area contributed by atoms with E-state index in [1.54, 1.807) is 25.1 Å². The Morgan fingerprint density at radius 2 is 1.77 bits per heavy atom. The molecule has 0 atom stereocenters. The lowest BCUT2D eigenvalue weighted by molar-refractivity contribution is 0.155. The minimum atomic E-state index is 0.0338. The first-order chi connectivity index (χ1) is 14.4. The number of carbonyl (C=O) groups is 1. The summed E-state index contributed by atoms with van der Waals surface area (Å²) in [6.45, 7) is 3.54. The highest BCUT2D eigenvalue weighted by Crippen LogP contribution is 2.31. The maximum absolute atomic E-state index is 12.8. The van der Waals surface area contributed by atoms with Gasteiger partial charge in [-0.25, -0.2) is 9.78 Å². The highest BCUT2D eigenvalue weighted by Gasteiger charge is 2.28. The van der Waals surface area contributed by atoms with E-state index >= 15 is 0 Å². The van der Waals surface area contributed by atoms with E-state index in [9.17, 15) is 9.59 Å². The van der Waals surface area contributed by atoms with E-state index in [4.69, 9.17) is 4.98 Å². The molecule has 8 heteroatoms. The monoisotopic (exact) mass is 412 g/mol. The molecule has 3 heterocycles. The molecule has 0 aromatic carbocycles. The molecule has 0 bridgehead atoms. The van der Waals surface area contributed by atoms with E-state index in [-0.39, 0.29) is 23.7 Å². The van der Waals surface area contributed by atoms with Crippen LogP contribution >= 0.6 is 0 Å². The van der Waals surface area contributed by atoms with Crippen molar-refractivity contribution >= 4 is 23.0 Å². The normalized spacial score (nSPS) is 18.2. The first-order valence-electron chi connectivity index (χ1n) is 10.9. The molecule has 1 aliphatic carbocycles. The Morgan fingerprint density at radius 3 is 2.40 bits per heavy atom. The van der Waals surface area contributed by atoms with Crippen LogP contribution in [0.15, 0.2) is 17.1 Å². The largest absolute Gasteiger partial charge is 0.341 e. The average Bonchev–Trinajstić information content (AvgIpc) is 3.26. The molecule has 1 saturated carbocycles. The molecule has 8 nitrogen and oxygen atoms in total. The molecule has 0 unspecified atom stereocenters. The van der Waals surface area contributed by atoms with Crippen LogP contribution in [0, 0.1) is 6.92 Å². The second-order valence-electron chi connectivity index (χ2n) is 8.89. The summed E-state index contributed by atoms with van der Waals surface area (Å²) in [6, 6.07) is 2.20. The van der Waals surface area contributed by atoms with Crippen molar-refractivity contribution in [1.82, 2.24) is 24.3 Å². The molecule has 2 amide bonds. The van der Waals surface area contributed by atoms with Gasteiger partial charge in [-0.3, -0.25) is 9.36 Å². The van der Waals surface area contributed by atoms with Crippen molar-refractivity contribution in [1.29, 1.82) is 0 Å². The molecule has 2 fully saturated rings. The lowest BCUT2D eigenvalue weighted by Gasteiger charge is -2.37. The van der Waals surface area contributed by atoms with Crippen LogP contribution < -0.4 is 10.5 Å². The number of pyridine rings is 1. The fourth-order valence-electron chi connectivity index (χ4n) is 4.86. The third-order valence-electron chi connectivity index (χ3n) is 6.66. The Balaban J connectivity index is 1.59. The van der Waals surface area contributed by atoms with Crippen LogP contribution in [-0.2, 0) is 0 Å². The smallest absolute Gasteiger partial charge is 0.319 e. The minimum Gasteiger partial charge on any atom is -0.341 e. The van der Waals surface area contributed by atoms with Gasteiger partial charge >= 0.3 is 6.03 Å². The number of piperidine rings is 1. The number of amides is 2. The summed E-state index contributed by atoms with van der Waals surface area (Å²) < 4.78 is 1.90. The van der Waals surface area contributed by atoms with Gasteiger partial charge in [0.2, 0.25) is 5.95 Å². The number of anilines is 1. The van der Waals surface area contributed by atoms with Crippen LogP contribution in [0.3, 0.4) is 0 Å². The summed E-state index contributed by atoms with van der Waals surface area (Å²) in [6.07, 6.45) is 8.02. The highest BCUT2D eigenvalue weighted by atomic mass is 16.2. The lowest BCUT2D eigenvalue weighted by Crippen LogP contribution is -2.48. The molecular weight excluding hydrogens is 380 g/mol. The third-order valence-corrected chi connectivity index (χ3v) is 6.66. The Bertz CT molecular complexity index is 987. The predicted molar refractivity (Wildman–Crippen MR) is 118 cm³/mol. The summed E-state index contributed by atoms with van der Waals surface area (Å²) in [5, 5.41) is 0.955. The van der Waals surface area contributed by atoms with Crippen molar-refractivity contribution < 1.29 is 4.79 Å². The van der Waals surface area contributed by atoms with E-state index in [1.165, 1.54) is 0 Å². The maximum atomic E-state index is 12.8. The molecule has 162 valence electrons. The van der Waals surface area contributed by atoms with Gasteiger partial charge in [0.05, 0.1) is 0 Å². The number of carbonyl (C=O) groups excluding carboxylic acids is 1. The van der Waals surface area contributed by atoms with Crippen LogP contribution in [0.5, 0.6) is 0 Å². The van der Waals surface area contributed by atoms with E-state index in [0.29, 0.717) is 5.95 Å². The van der Waals surface area contributed by atoms with E-state index < -0.39 is 0 Å². The number of nitrogens with zero attached hydrogens (tertiary/aromatic N) is 6. The molecular formula is C22H32N6O2. The number of urea groups is 1. The number of aromatic nitrogens is 3. The molecule has 2 aliphatic rings. The van der Waals surface area contributed by atoms with Crippen molar-refractivity contribution in [3.63, 3.8) is 0 Å². The maximum Gasteiger partial charge on any atom is 0.319 e. The van der Waals surface area contributed by atoms with Gasteiger partial charge in [0, 0.05) is 64.0 Å². The Kier molecular flexibility index (Phi) is 5.66. The van der Waals surface area contributed by atoms with Crippen molar-refractivity contribution in [2.45, 2.75) is 57.5 Å². The summed E-state index contributed by atoms with van der Waals surface area (Å²) >= 11 is 0. The number of fused-ring (bicyclic) bond motifs is 1. The first-order valence-corrected chi connectivity index (χ1v) is 10.9. The van der Waals surface area contributed by atoms with Crippen molar-refractivity contribution in [3.05, 3.63) is 28.2 Å². The van der Waals surface area contributed by atoms with Gasteiger partial charge in [-0.1, -0.05) is 12.8 Å². The molecule has 0 spiro atoms. The van der Waals surface area contributed by atoms with Gasteiger partial charge in [-0.2, -0.15) is 4.98 Å². The first kappa shape index (κ1) is 20.6. The molecule has 1 aliphatic heterocycles. The minimum absolute atomic E-state index is 0.0338. The Hall–Kier alpha value is -2.64. The van der Waals surface area contributed by atoms with Gasteiger partial charge in [-0.05, 0) is 38.2 Å². The van der Waals surface area contributed by atoms with Gasteiger partial charge < -0.3 is 14.7 Å². The van der Waals surface area contributed by atoms with Crippen LogP contribution in [-0.4, -0.2) is 70.6 Å². The quantitative estimate of drug-likeness (QED) is 0.775. The zero-order valence-electron chi connectivity index (χ0n) is 18.5. The van der Waals surface area contributed by atoms with Gasteiger partial charge in [0.15, 0.2) is 0 Å². The second-order valence-corrected chi connectivity index (χ2v) is 8.89. The zero-order valence-corrected chi connectivity index (χ0v) is 18.5. The Morgan fingerprint density at radius 1 is 1.10 bits per heavy atom. The van der Waals surface area contributed by atoms with Crippen LogP contribution in [0.4, 0.5) is 10.7 Å². The summed E-state index contributed by atoms with van der Waals surface area (Å²) in [5.41, 5.74) is 1.73. The zero-order chi connectivity index (χ0) is 21.4. The highest BCUT2D eigenvalue weighted by molar-refractivity contribution is 5.79. The topological polar surface area (TPSA) is 74.6 Å². The van der Waals surface area contributed by atoms with Crippen LogP contribution in [0.1, 0.15) is 50.1 Å². The molecule has 0 N–H and O–H groups in total. The predicted octanol–water partition coefficient (Wildman–Crippen LogP) is 2.80. The number of rotatable bonds is 3. The van der Waals surface area contributed by atoms with Crippen molar-refractivity contribution in [2.24, 2.45) is 0 Å². The molecule has 4 rings (SSSR count). The summed E-state index contributed by atoms with van der Waals surface area (Å²) in [5.74, 6) is 0.680. The summed E-state index contributed by atoms with van der Waals surface area (Å²) in [7, 11) is 5.43. The molecule has 0 radical (unpaired) electrons. The molecule has 1 saturated heterocycles. The number of aryl methyl sites for hydroxylation is 1. The van der Waals surface area contributed by atoms with Gasteiger partial charge in [-0.15, -0.1) is 0 Å². The van der Waals surface area contributed by atoms with Crippen LogP contribution in [0.2, 0.25) is 0 Å². The van der Waals surface area contributed by atoms with Crippen molar-refractivity contribution in [3.8, 4) is 0 Å². The fourth-order valence-corrected chi connectivity index (χ4v) is 4.86. The summed E-state index contributed by atoms with van der Waals surface area (Å²) in [4.78, 5) is 40.2. The van der Waals surface area contributed by atoms with Crippen LogP contribution in [0.25, 0.3) is 11.0 Å². The standard InChI is InChI=1S/C22H32N6O2/c1-15-13-19(29)28(17-7-5-6-8-17)20-18(15)14-23-21(24-20)27-11-9-16(10-12-27)26(4)22(30)25(2)3/h13-14,16-17H,5-12H2,1-4H3. The van der Waals surface area contributed by atoms with Crippen molar-refractivity contribution in [2.75, 3.05) is 39.1 Å². The third kappa shape index (κ3) is 3.75. The molecule has 30 heavy (non-hydrogen) atoms. The van der Waals surface area contributed by atoms with E-state index in [2.05, 4.69) is 9.88 Å². The van der Waals surface area contributed by atoms with E-state index in [0.717, 1.165) is 68.2 Å². The van der Waals surface area contributed by atoms with Gasteiger partial charge in [0.1, 0.15) is 5.65 Å². The van der Waals surface area contributed by atoms with Gasteiger partial charge in [0.25, 0.3) is 5.56 Å². The Labute approximate surface area is 177 Å². The fraction of sp³-hybridized carbons (Fsp3) is 0.636. The SMILES string of the molecule is Cc1cc(=O)n(C2CCCC2)c2nc(N3CCC(N(C)C(=O)N(C)C)CC3)ncc12. The number of hydrogen-bond donors (Lipinski definition) is 0.